The number of benzene rings is 2. The van der Waals surface area contributed by atoms with E-state index in [4.69, 9.17) is 4.74 Å². The molecule has 0 N–H and O–H groups in total. The molecule has 1 saturated carbocycles. The Morgan fingerprint density at radius 1 is 1.00 bits per heavy atom. The van der Waals surface area contributed by atoms with Crippen LogP contribution < -0.4 is 4.74 Å². The summed E-state index contributed by atoms with van der Waals surface area (Å²) >= 11 is 0. The summed E-state index contributed by atoms with van der Waals surface area (Å²) in [6, 6.07) is 18.5. The van der Waals surface area contributed by atoms with Crippen molar-refractivity contribution in [3.05, 3.63) is 84.0 Å². The molecule has 0 amide bonds. The van der Waals surface area contributed by atoms with Crippen LogP contribution >= 0.6 is 0 Å². The number of hydrogen-bond donors (Lipinski definition) is 0. The topological polar surface area (TPSA) is 9.23 Å². The number of allylic oxidation sites excluding steroid dienone is 4. The quantitative estimate of drug-likeness (QED) is 0.528. The summed E-state index contributed by atoms with van der Waals surface area (Å²) in [4.78, 5) is 0. The second-order valence-corrected chi connectivity index (χ2v) is 7.85. The molecule has 1 nitrogen and oxygen atoms in total. The Hall–Kier alpha value is -2.28. The summed E-state index contributed by atoms with van der Waals surface area (Å²) in [7, 11) is 0. The first-order chi connectivity index (χ1) is 12.0. The SMILES string of the molecule is CC(C)=CC=C[C@H]1[C@H](Cc2cccc(Oc3ccccc3)c2)C1(C)C. The standard InChI is InChI=1S/C24H28O/c1-18(2)10-8-15-22-23(24(22,3)4)17-19-11-9-14-21(16-19)25-20-12-6-5-7-13-20/h5-16,22-23H,17H2,1-4H3/t22-,23-/m0/s1. The molecule has 0 aliphatic heterocycles. The van der Waals surface area contributed by atoms with E-state index < -0.39 is 0 Å². The van der Waals surface area contributed by atoms with Crippen molar-refractivity contribution in [2.45, 2.75) is 34.1 Å². The average Bonchev–Trinajstić information content (AvgIpc) is 3.08. The molecule has 2 atom stereocenters. The van der Waals surface area contributed by atoms with E-state index in [9.17, 15) is 0 Å². The van der Waals surface area contributed by atoms with Crippen LogP contribution in [-0.4, -0.2) is 0 Å². The van der Waals surface area contributed by atoms with E-state index >= 15 is 0 Å². The molecule has 0 saturated heterocycles. The lowest BCUT2D eigenvalue weighted by Gasteiger charge is -2.08. The summed E-state index contributed by atoms with van der Waals surface area (Å²) in [5.41, 5.74) is 3.07. The molecule has 2 aromatic carbocycles. The zero-order valence-electron chi connectivity index (χ0n) is 15.7. The smallest absolute Gasteiger partial charge is 0.127 e. The van der Waals surface area contributed by atoms with Crippen molar-refractivity contribution in [1.82, 2.24) is 0 Å². The third-order valence-corrected chi connectivity index (χ3v) is 5.22. The number of para-hydroxylation sites is 1. The third-order valence-electron chi connectivity index (χ3n) is 5.22. The van der Waals surface area contributed by atoms with Gasteiger partial charge in [0.1, 0.15) is 11.5 Å². The molecule has 25 heavy (non-hydrogen) atoms. The summed E-state index contributed by atoms with van der Waals surface area (Å²) in [5.74, 6) is 3.15. The molecule has 0 bridgehead atoms. The molecule has 130 valence electrons. The molecular weight excluding hydrogens is 304 g/mol. The normalized spacial score (nSPS) is 21.1. The summed E-state index contributed by atoms with van der Waals surface area (Å²) in [5, 5.41) is 0. The number of ether oxygens (including phenoxy) is 1. The molecule has 0 spiro atoms. The highest BCUT2D eigenvalue weighted by Gasteiger charge is 2.55. The van der Waals surface area contributed by atoms with Gasteiger partial charge in [0, 0.05) is 0 Å². The summed E-state index contributed by atoms with van der Waals surface area (Å²) in [6.07, 6.45) is 7.89. The molecule has 1 aliphatic rings. The molecule has 2 aromatic rings. The van der Waals surface area contributed by atoms with Crippen molar-refractivity contribution in [3.8, 4) is 11.5 Å². The first-order valence-corrected chi connectivity index (χ1v) is 9.10. The van der Waals surface area contributed by atoms with Crippen LogP contribution in [0.5, 0.6) is 11.5 Å². The van der Waals surface area contributed by atoms with Gasteiger partial charge in [-0.3, -0.25) is 0 Å². The number of hydrogen-bond acceptors (Lipinski definition) is 1. The van der Waals surface area contributed by atoms with Gasteiger partial charge >= 0.3 is 0 Å². The Bertz CT molecular complexity index is 764. The van der Waals surface area contributed by atoms with Crippen LogP contribution in [0.1, 0.15) is 33.3 Å². The number of rotatable bonds is 6. The molecular formula is C24H28O. The zero-order chi connectivity index (χ0) is 17.9. The molecule has 1 aliphatic carbocycles. The monoisotopic (exact) mass is 332 g/mol. The Balaban J connectivity index is 1.66. The van der Waals surface area contributed by atoms with Gasteiger partial charge in [0.05, 0.1) is 0 Å². The van der Waals surface area contributed by atoms with Gasteiger partial charge in [0.15, 0.2) is 0 Å². The van der Waals surface area contributed by atoms with Crippen LogP contribution in [0, 0.1) is 17.3 Å². The predicted octanol–water partition coefficient (Wildman–Crippen LogP) is 6.82. The van der Waals surface area contributed by atoms with Gasteiger partial charge in [-0.25, -0.2) is 0 Å². The molecule has 0 aromatic heterocycles. The van der Waals surface area contributed by atoms with Gasteiger partial charge in [-0.2, -0.15) is 0 Å². The maximum Gasteiger partial charge on any atom is 0.127 e. The fourth-order valence-electron chi connectivity index (χ4n) is 3.54. The third kappa shape index (κ3) is 4.42. The Morgan fingerprint density at radius 3 is 2.44 bits per heavy atom. The molecule has 0 radical (unpaired) electrons. The van der Waals surface area contributed by atoms with Crippen molar-refractivity contribution in [2.24, 2.45) is 17.3 Å². The van der Waals surface area contributed by atoms with Crippen LogP contribution in [0.2, 0.25) is 0 Å². The largest absolute Gasteiger partial charge is 0.457 e. The molecule has 0 heterocycles. The highest BCUT2D eigenvalue weighted by atomic mass is 16.5. The van der Waals surface area contributed by atoms with E-state index in [1.54, 1.807) is 0 Å². The fraction of sp³-hybridized carbons (Fsp3) is 0.333. The second-order valence-electron chi connectivity index (χ2n) is 7.85. The minimum atomic E-state index is 0.377. The van der Waals surface area contributed by atoms with Gasteiger partial charge in [-0.15, -0.1) is 0 Å². The average molecular weight is 332 g/mol. The van der Waals surface area contributed by atoms with E-state index in [0.717, 1.165) is 17.9 Å². The van der Waals surface area contributed by atoms with Gasteiger partial charge in [-0.05, 0) is 67.3 Å². The molecule has 1 fully saturated rings. The zero-order valence-corrected chi connectivity index (χ0v) is 15.7. The second kappa shape index (κ2) is 7.31. The Kier molecular flexibility index (Phi) is 5.13. The highest BCUT2D eigenvalue weighted by molar-refractivity contribution is 5.35. The highest BCUT2D eigenvalue weighted by Crippen LogP contribution is 2.60. The van der Waals surface area contributed by atoms with Crippen LogP contribution in [0.4, 0.5) is 0 Å². The van der Waals surface area contributed by atoms with Gasteiger partial charge in [0.2, 0.25) is 0 Å². The maximum absolute atomic E-state index is 5.97. The Morgan fingerprint density at radius 2 is 1.72 bits per heavy atom. The molecule has 1 heteroatoms. The van der Waals surface area contributed by atoms with Crippen LogP contribution in [-0.2, 0) is 6.42 Å². The molecule has 0 unspecified atom stereocenters. The first-order valence-electron chi connectivity index (χ1n) is 9.10. The van der Waals surface area contributed by atoms with E-state index in [0.29, 0.717) is 17.3 Å². The van der Waals surface area contributed by atoms with Crippen molar-refractivity contribution in [1.29, 1.82) is 0 Å². The van der Waals surface area contributed by atoms with Crippen molar-refractivity contribution in [2.75, 3.05) is 0 Å². The van der Waals surface area contributed by atoms with Gasteiger partial charge < -0.3 is 4.74 Å². The minimum Gasteiger partial charge on any atom is -0.457 e. The van der Waals surface area contributed by atoms with Crippen LogP contribution in [0.25, 0.3) is 0 Å². The van der Waals surface area contributed by atoms with Crippen molar-refractivity contribution in [3.63, 3.8) is 0 Å². The Labute approximate surface area is 152 Å². The van der Waals surface area contributed by atoms with Gasteiger partial charge in [-0.1, -0.05) is 68.0 Å². The lowest BCUT2D eigenvalue weighted by molar-refractivity contribution is 0.481. The minimum absolute atomic E-state index is 0.377. The summed E-state index contributed by atoms with van der Waals surface area (Å²) < 4.78 is 5.97. The predicted molar refractivity (Wildman–Crippen MR) is 106 cm³/mol. The van der Waals surface area contributed by atoms with Crippen LogP contribution in [0.3, 0.4) is 0 Å². The lowest BCUT2D eigenvalue weighted by Crippen LogP contribution is -1.95. The van der Waals surface area contributed by atoms with E-state index in [1.165, 1.54) is 11.1 Å². The maximum atomic E-state index is 5.97. The summed E-state index contributed by atoms with van der Waals surface area (Å²) in [6.45, 7) is 9.02. The van der Waals surface area contributed by atoms with E-state index in [-0.39, 0.29) is 0 Å². The van der Waals surface area contributed by atoms with E-state index in [1.807, 2.05) is 36.4 Å². The van der Waals surface area contributed by atoms with Crippen molar-refractivity contribution >= 4 is 0 Å². The van der Waals surface area contributed by atoms with E-state index in [2.05, 4.69) is 64.1 Å². The molecule has 3 rings (SSSR count). The lowest BCUT2D eigenvalue weighted by atomic mass is 10.0. The van der Waals surface area contributed by atoms with Gasteiger partial charge in [0.25, 0.3) is 0 Å². The first kappa shape index (κ1) is 17.5. The van der Waals surface area contributed by atoms with Crippen molar-refractivity contribution < 1.29 is 4.74 Å². The fourth-order valence-corrected chi connectivity index (χ4v) is 3.54. The van der Waals surface area contributed by atoms with Crippen LogP contribution in [0.15, 0.2) is 78.4 Å².